The van der Waals surface area contributed by atoms with Crippen LogP contribution in [0.1, 0.15) is 200 Å². The summed E-state index contributed by atoms with van der Waals surface area (Å²) in [5.74, 6) is -2.46. The van der Waals surface area contributed by atoms with Crippen molar-refractivity contribution >= 4 is 49.7 Å². The fraction of sp³-hybridized carbons (Fsp3) is 0.667. The van der Waals surface area contributed by atoms with Crippen molar-refractivity contribution in [3.63, 3.8) is 0 Å². The van der Waals surface area contributed by atoms with Gasteiger partial charge in [-0.05, 0) is 54.5 Å². The Labute approximate surface area is 328 Å². The molecule has 0 saturated carbocycles. The van der Waals surface area contributed by atoms with Crippen LogP contribution in [0.3, 0.4) is 0 Å². The molecule has 0 fully saturated rings. The molecule has 2 aromatic rings. The predicted octanol–water partition coefficient (Wildman–Crippen LogP) is 10.3. The Morgan fingerprint density at radius 3 is 1.24 bits per heavy atom. The Kier molecular flexibility index (Phi) is 31.0. The van der Waals surface area contributed by atoms with Gasteiger partial charge in [0.1, 0.15) is 5.75 Å². The summed E-state index contributed by atoms with van der Waals surface area (Å²) in [7, 11) is 0. The zero-order valence-corrected chi connectivity index (χ0v) is 33.3. The molecule has 0 atom stereocenters. The molecule has 0 aliphatic heterocycles. The quantitative estimate of drug-likeness (QED) is 0.0671. The summed E-state index contributed by atoms with van der Waals surface area (Å²) in [6, 6.07) is 8.89. The first kappa shape index (κ1) is 47.2. The molecular formula is C42H66CaO6. The molecule has 0 heterocycles. The van der Waals surface area contributed by atoms with E-state index in [1.807, 2.05) is 0 Å². The number of carbonyl (C=O) groups is 2. The van der Waals surface area contributed by atoms with Gasteiger partial charge in [-0.15, -0.1) is 5.75 Å². The molecule has 0 amide bonds. The van der Waals surface area contributed by atoms with Crippen LogP contribution in [-0.4, -0.2) is 59.9 Å². The number of hydrogen-bond acceptors (Lipinski definition) is 5. The van der Waals surface area contributed by atoms with Gasteiger partial charge in [0, 0.05) is 0 Å². The van der Waals surface area contributed by atoms with Crippen molar-refractivity contribution in [2.45, 2.75) is 181 Å². The molecule has 0 radical (unpaired) electrons. The van der Waals surface area contributed by atoms with E-state index < -0.39 is 11.9 Å². The zero-order chi connectivity index (χ0) is 35.2. The van der Waals surface area contributed by atoms with Crippen LogP contribution < -0.4 is 10.2 Å². The summed E-state index contributed by atoms with van der Waals surface area (Å²) >= 11 is 0. The molecule has 0 saturated heterocycles. The summed E-state index contributed by atoms with van der Waals surface area (Å²) in [6.07, 6.45) is 32.5. The standard InChI is InChI=1S/2C21H34O3.Ca/c2*1-2-3-4-5-6-7-8-9-10-11-12-13-14-18-15-16-19(22)17-20(18)21(23)24;/h2*15-17,22H,2-14H2,1H3,(H,23,24);/q;;+2/p-2. The number of aromatic carboxylic acids is 2. The SMILES string of the molecule is CCCCCCCCCCCCCCc1ccc(O)cc1C(=O)O.CCCCCCCCCCCCCCc1ccc([O-])cc1C(=O)[O-].[Ca+2]. The fourth-order valence-corrected chi connectivity index (χ4v) is 6.26. The summed E-state index contributed by atoms with van der Waals surface area (Å²) in [6.45, 7) is 4.50. The zero-order valence-electron chi connectivity index (χ0n) is 31.1. The summed E-state index contributed by atoms with van der Waals surface area (Å²) in [5.41, 5.74) is 1.85. The van der Waals surface area contributed by atoms with Gasteiger partial charge in [-0.3, -0.25) is 0 Å². The number of phenolic OH excluding ortho intramolecular Hbond substituents is 1. The van der Waals surface area contributed by atoms with Crippen molar-refractivity contribution in [3.8, 4) is 11.5 Å². The maximum absolute atomic E-state index is 11.2. The van der Waals surface area contributed by atoms with Gasteiger partial charge < -0.3 is 25.2 Å². The van der Waals surface area contributed by atoms with Gasteiger partial charge in [0.15, 0.2) is 0 Å². The van der Waals surface area contributed by atoms with Crippen LogP contribution in [0.5, 0.6) is 11.5 Å². The van der Waals surface area contributed by atoms with Crippen LogP contribution in [0.15, 0.2) is 36.4 Å². The average Bonchev–Trinajstić information content (AvgIpc) is 3.07. The van der Waals surface area contributed by atoms with E-state index in [2.05, 4.69) is 13.8 Å². The number of carboxylic acids is 2. The molecule has 7 heteroatoms. The summed E-state index contributed by atoms with van der Waals surface area (Å²) in [5, 5.41) is 40.8. The van der Waals surface area contributed by atoms with Crippen LogP contribution in [0.25, 0.3) is 0 Å². The maximum atomic E-state index is 11.2. The number of rotatable bonds is 28. The van der Waals surface area contributed by atoms with Crippen molar-refractivity contribution in [1.82, 2.24) is 0 Å². The van der Waals surface area contributed by atoms with E-state index in [1.165, 1.54) is 147 Å². The Balaban J connectivity index is 0.000000922. The second-order valence-electron chi connectivity index (χ2n) is 13.5. The van der Waals surface area contributed by atoms with Crippen molar-refractivity contribution < 1.29 is 30.0 Å². The molecule has 272 valence electrons. The van der Waals surface area contributed by atoms with Crippen molar-refractivity contribution in [3.05, 3.63) is 58.7 Å². The van der Waals surface area contributed by atoms with E-state index >= 15 is 0 Å². The third-order valence-corrected chi connectivity index (χ3v) is 9.22. The Morgan fingerprint density at radius 1 is 0.531 bits per heavy atom. The van der Waals surface area contributed by atoms with Gasteiger partial charge in [-0.1, -0.05) is 179 Å². The second kappa shape index (κ2) is 32.2. The van der Waals surface area contributed by atoms with Crippen molar-refractivity contribution in [2.24, 2.45) is 0 Å². The smallest absolute Gasteiger partial charge is 0.872 e. The Morgan fingerprint density at radius 2 is 0.878 bits per heavy atom. The van der Waals surface area contributed by atoms with E-state index in [0.29, 0.717) is 6.42 Å². The number of unbranched alkanes of at least 4 members (excludes halogenated alkanes) is 22. The minimum atomic E-state index is -1.25. The molecule has 49 heavy (non-hydrogen) atoms. The predicted molar refractivity (Wildman–Crippen MR) is 201 cm³/mol. The van der Waals surface area contributed by atoms with E-state index in [4.69, 9.17) is 0 Å². The van der Waals surface area contributed by atoms with Crippen LogP contribution in [0.4, 0.5) is 0 Å². The number of benzene rings is 2. The van der Waals surface area contributed by atoms with Gasteiger partial charge in [0.05, 0.1) is 11.5 Å². The van der Waals surface area contributed by atoms with Crippen molar-refractivity contribution in [2.75, 3.05) is 0 Å². The van der Waals surface area contributed by atoms with Crippen LogP contribution in [0, 0.1) is 0 Å². The van der Waals surface area contributed by atoms with Gasteiger partial charge in [0.25, 0.3) is 0 Å². The molecule has 2 N–H and O–H groups in total. The normalized spacial score (nSPS) is 10.7. The summed E-state index contributed by atoms with van der Waals surface area (Å²) < 4.78 is 0. The third kappa shape index (κ3) is 24.9. The number of aromatic hydroxyl groups is 1. The van der Waals surface area contributed by atoms with Gasteiger partial charge in [0.2, 0.25) is 0 Å². The molecule has 0 aliphatic rings. The van der Waals surface area contributed by atoms with Gasteiger partial charge >= 0.3 is 43.7 Å². The Hall–Kier alpha value is -1.76. The molecule has 0 unspecified atom stereocenters. The molecule has 2 rings (SSSR count). The van der Waals surface area contributed by atoms with E-state index in [0.717, 1.165) is 43.2 Å². The van der Waals surface area contributed by atoms with Gasteiger partial charge in [-0.2, -0.15) is 0 Å². The third-order valence-electron chi connectivity index (χ3n) is 9.22. The second-order valence-corrected chi connectivity index (χ2v) is 13.5. The largest absolute Gasteiger partial charge is 2.00 e. The first-order valence-electron chi connectivity index (χ1n) is 19.4. The molecule has 0 bridgehead atoms. The topological polar surface area (TPSA) is 121 Å². The van der Waals surface area contributed by atoms with Crippen LogP contribution in [0.2, 0.25) is 0 Å². The van der Waals surface area contributed by atoms with Crippen LogP contribution >= 0.6 is 0 Å². The molecule has 2 aromatic carbocycles. The maximum Gasteiger partial charge on any atom is 2.00 e. The Bertz CT molecular complexity index is 1030. The number of carbonyl (C=O) groups excluding carboxylic acids is 1. The first-order chi connectivity index (χ1) is 23.3. The minimum Gasteiger partial charge on any atom is -0.872 e. The molecule has 0 aliphatic carbocycles. The van der Waals surface area contributed by atoms with E-state index in [9.17, 15) is 30.0 Å². The average molecular weight is 707 g/mol. The first-order valence-corrected chi connectivity index (χ1v) is 19.4. The minimum absolute atomic E-state index is 0. The number of phenols is 1. The fourth-order valence-electron chi connectivity index (χ4n) is 6.26. The molecule has 0 aromatic heterocycles. The number of aryl methyl sites for hydroxylation is 2. The van der Waals surface area contributed by atoms with E-state index in [1.54, 1.807) is 18.2 Å². The number of carboxylic acid groups (broad SMARTS) is 2. The van der Waals surface area contributed by atoms with E-state index in [-0.39, 0.29) is 60.4 Å². The summed E-state index contributed by atoms with van der Waals surface area (Å²) in [4.78, 5) is 22.2. The molecule has 6 nitrogen and oxygen atoms in total. The van der Waals surface area contributed by atoms with Crippen molar-refractivity contribution in [1.29, 1.82) is 0 Å². The molecule has 0 spiro atoms. The molecular weight excluding hydrogens is 641 g/mol. The van der Waals surface area contributed by atoms with Crippen LogP contribution in [-0.2, 0) is 12.8 Å². The number of hydrogen-bond donors (Lipinski definition) is 2. The monoisotopic (exact) mass is 706 g/mol. The van der Waals surface area contributed by atoms with Gasteiger partial charge in [-0.25, -0.2) is 4.79 Å².